The van der Waals surface area contributed by atoms with Gasteiger partial charge in [0.2, 0.25) is 5.91 Å². The molecule has 0 spiro atoms. The maximum Gasteiger partial charge on any atom is 0.240 e. The smallest absolute Gasteiger partial charge is 0.240 e. The summed E-state index contributed by atoms with van der Waals surface area (Å²) < 4.78 is 0. The topological polar surface area (TPSA) is 46.3 Å². The molecule has 2 N–H and O–H groups in total. The van der Waals surface area contributed by atoms with E-state index >= 15 is 0 Å². The minimum absolute atomic E-state index is 0. The van der Waals surface area contributed by atoms with E-state index in [1.54, 1.807) is 4.90 Å². The fourth-order valence-corrected chi connectivity index (χ4v) is 1.72. The van der Waals surface area contributed by atoms with Crippen LogP contribution in [0.5, 0.6) is 0 Å². The third-order valence-electron chi connectivity index (χ3n) is 2.31. The third-order valence-corrected chi connectivity index (χ3v) is 2.31. The number of benzene rings is 1. The lowest BCUT2D eigenvalue weighted by Gasteiger charge is -2.21. The number of rotatable bonds is 3. The Morgan fingerprint density at radius 2 is 1.75 bits per heavy atom. The van der Waals surface area contributed by atoms with Gasteiger partial charge in [-0.05, 0) is 44.0 Å². The first-order chi connectivity index (χ1) is 7.08. The molecule has 0 unspecified atom stereocenters. The summed E-state index contributed by atoms with van der Waals surface area (Å²) in [6.45, 7) is 6.71. The average molecular weight is 243 g/mol. The maximum absolute atomic E-state index is 11.6. The summed E-state index contributed by atoms with van der Waals surface area (Å²) in [5.41, 5.74) is 8.63. The minimum Gasteiger partial charge on any atom is -0.322 e. The maximum atomic E-state index is 11.6. The van der Waals surface area contributed by atoms with E-state index in [0.717, 1.165) is 16.8 Å². The number of aryl methyl sites for hydroxylation is 2. The second-order valence-electron chi connectivity index (χ2n) is 3.69. The highest BCUT2D eigenvalue weighted by atomic mass is 35.5. The number of halogens is 1. The molecule has 0 radical (unpaired) electrons. The summed E-state index contributed by atoms with van der Waals surface area (Å²) in [5, 5.41) is 0. The number of amides is 1. The van der Waals surface area contributed by atoms with Gasteiger partial charge < -0.3 is 10.6 Å². The van der Waals surface area contributed by atoms with Crippen molar-refractivity contribution in [2.24, 2.45) is 5.73 Å². The normalized spacial score (nSPS) is 9.50. The zero-order valence-corrected chi connectivity index (χ0v) is 10.8. The van der Waals surface area contributed by atoms with E-state index in [4.69, 9.17) is 5.73 Å². The highest BCUT2D eigenvalue weighted by Gasteiger charge is 2.12. The summed E-state index contributed by atoms with van der Waals surface area (Å²) >= 11 is 0. The molecule has 3 nitrogen and oxygen atoms in total. The Hall–Kier alpha value is -1.06. The largest absolute Gasteiger partial charge is 0.322 e. The van der Waals surface area contributed by atoms with Gasteiger partial charge in [-0.2, -0.15) is 0 Å². The quantitative estimate of drug-likeness (QED) is 0.882. The van der Waals surface area contributed by atoms with Crippen LogP contribution in [0, 0.1) is 13.8 Å². The average Bonchev–Trinajstić information content (AvgIpc) is 2.17. The Labute approximate surface area is 103 Å². The molecule has 0 heterocycles. The van der Waals surface area contributed by atoms with E-state index in [2.05, 4.69) is 6.07 Å². The summed E-state index contributed by atoms with van der Waals surface area (Å²) in [4.78, 5) is 13.3. The van der Waals surface area contributed by atoms with Crippen LogP contribution in [-0.4, -0.2) is 19.0 Å². The molecule has 0 atom stereocenters. The van der Waals surface area contributed by atoms with E-state index in [1.165, 1.54) is 0 Å². The molecule has 4 heteroatoms. The lowest BCUT2D eigenvalue weighted by atomic mass is 10.1. The van der Waals surface area contributed by atoms with Gasteiger partial charge in [-0.1, -0.05) is 6.07 Å². The Balaban J connectivity index is 0.00000225. The van der Waals surface area contributed by atoms with Crippen molar-refractivity contribution in [3.05, 3.63) is 29.3 Å². The number of hydrogen-bond acceptors (Lipinski definition) is 2. The number of anilines is 1. The summed E-state index contributed by atoms with van der Waals surface area (Å²) in [6, 6.07) is 6.10. The van der Waals surface area contributed by atoms with E-state index in [9.17, 15) is 4.79 Å². The first-order valence-corrected chi connectivity index (χ1v) is 5.17. The van der Waals surface area contributed by atoms with Crippen molar-refractivity contribution in [1.29, 1.82) is 0 Å². The SMILES string of the molecule is CCN(C(=O)CN)c1cc(C)cc(C)c1.Cl. The zero-order valence-electron chi connectivity index (χ0n) is 9.99. The van der Waals surface area contributed by atoms with Gasteiger partial charge in [0.05, 0.1) is 6.54 Å². The molecule has 1 aromatic carbocycles. The van der Waals surface area contributed by atoms with Gasteiger partial charge in [0.15, 0.2) is 0 Å². The molecule has 1 amide bonds. The molecule has 0 aliphatic heterocycles. The third kappa shape index (κ3) is 3.51. The van der Waals surface area contributed by atoms with Crippen LogP contribution in [0.1, 0.15) is 18.1 Å². The van der Waals surface area contributed by atoms with Crippen molar-refractivity contribution < 1.29 is 4.79 Å². The molecular formula is C12H19ClN2O. The molecule has 0 saturated heterocycles. The molecular weight excluding hydrogens is 224 g/mol. The van der Waals surface area contributed by atoms with Gasteiger partial charge >= 0.3 is 0 Å². The fourth-order valence-electron chi connectivity index (χ4n) is 1.72. The van der Waals surface area contributed by atoms with Crippen LogP contribution in [0.2, 0.25) is 0 Å². The predicted molar refractivity (Wildman–Crippen MR) is 70.2 cm³/mol. The molecule has 0 saturated carbocycles. The molecule has 1 rings (SSSR count). The highest BCUT2D eigenvalue weighted by molar-refractivity contribution is 5.94. The van der Waals surface area contributed by atoms with Crippen molar-refractivity contribution in [2.45, 2.75) is 20.8 Å². The van der Waals surface area contributed by atoms with Gasteiger partial charge in [0.25, 0.3) is 0 Å². The second-order valence-corrected chi connectivity index (χ2v) is 3.69. The number of likely N-dealkylation sites (N-methyl/N-ethyl adjacent to an activating group) is 1. The second kappa shape index (κ2) is 6.51. The van der Waals surface area contributed by atoms with E-state index < -0.39 is 0 Å². The van der Waals surface area contributed by atoms with Crippen LogP contribution in [0.15, 0.2) is 18.2 Å². The first-order valence-electron chi connectivity index (χ1n) is 5.17. The summed E-state index contributed by atoms with van der Waals surface area (Å²) in [7, 11) is 0. The van der Waals surface area contributed by atoms with Crippen molar-refractivity contribution >= 4 is 24.0 Å². The minimum atomic E-state index is -0.0394. The van der Waals surface area contributed by atoms with Gasteiger partial charge in [0, 0.05) is 12.2 Å². The van der Waals surface area contributed by atoms with Crippen LogP contribution in [0.25, 0.3) is 0 Å². The van der Waals surface area contributed by atoms with Crippen molar-refractivity contribution in [3.8, 4) is 0 Å². The fraction of sp³-hybridized carbons (Fsp3) is 0.417. The lowest BCUT2D eigenvalue weighted by molar-refractivity contribution is -0.117. The van der Waals surface area contributed by atoms with Crippen LogP contribution < -0.4 is 10.6 Å². The van der Waals surface area contributed by atoms with E-state index in [-0.39, 0.29) is 24.9 Å². The molecule has 90 valence electrons. The molecule has 0 aromatic heterocycles. The number of hydrogen-bond donors (Lipinski definition) is 1. The molecule has 0 bridgehead atoms. The first kappa shape index (κ1) is 14.9. The van der Waals surface area contributed by atoms with Crippen molar-refractivity contribution in [3.63, 3.8) is 0 Å². The van der Waals surface area contributed by atoms with Gasteiger partial charge in [-0.25, -0.2) is 0 Å². The van der Waals surface area contributed by atoms with Crippen LogP contribution >= 0.6 is 12.4 Å². The Kier molecular flexibility index (Phi) is 6.08. The van der Waals surface area contributed by atoms with Gasteiger partial charge in [-0.15, -0.1) is 12.4 Å². The molecule has 0 aliphatic carbocycles. The van der Waals surface area contributed by atoms with Gasteiger partial charge in [0.1, 0.15) is 0 Å². The van der Waals surface area contributed by atoms with Crippen LogP contribution in [0.4, 0.5) is 5.69 Å². The van der Waals surface area contributed by atoms with Crippen molar-refractivity contribution in [1.82, 2.24) is 0 Å². The highest BCUT2D eigenvalue weighted by Crippen LogP contribution is 2.18. The predicted octanol–water partition coefficient (Wildman–Crippen LogP) is 2.04. The number of nitrogens with zero attached hydrogens (tertiary/aromatic N) is 1. The summed E-state index contributed by atoms with van der Waals surface area (Å²) in [5.74, 6) is -0.0394. The van der Waals surface area contributed by atoms with Crippen molar-refractivity contribution in [2.75, 3.05) is 18.0 Å². The lowest BCUT2D eigenvalue weighted by Crippen LogP contribution is -2.35. The van der Waals surface area contributed by atoms with E-state index in [1.807, 2.05) is 32.9 Å². The zero-order chi connectivity index (χ0) is 11.4. The molecule has 0 aliphatic rings. The summed E-state index contributed by atoms with van der Waals surface area (Å²) in [6.07, 6.45) is 0. The number of carbonyl (C=O) groups excluding carboxylic acids is 1. The Morgan fingerprint density at radius 3 is 2.12 bits per heavy atom. The molecule has 1 aromatic rings. The Morgan fingerprint density at radius 1 is 1.25 bits per heavy atom. The van der Waals surface area contributed by atoms with Crippen LogP contribution in [-0.2, 0) is 4.79 Å². The molecule has 16 heavy (non-hydrogen) atoms. The Bertz CT molecular complexity index is 346. The number of carbonyl (C=O) groups is 1. The molecule has 0 fully saturated rings. The monoisotopic (exact) mass is 242 g/mol. The van der Waals surface area contributed by atoms with Gasteiger partial charge in [-0.3, -0.25) is 4.79 Å². The van der Waals surface area contributed by atoms with E-state index in [0.29, 0.717) is 6.54 Å². The van der Waals surface area contributed by atoms with Crippen LogP contribution in [0.3, 0.4) is 0 Å². The standard InChI is InChI=1S/C12H18N2O.ClH/c1-4-14(12(15)8-13)11-6-9(2)5-10(3)7-11;/h5-7H,4,8,13H2,1-3H3;1H. The number of nitrogens with two attached hydrogens (primary N) is 1.